The number of ether oxygens (including phenoxy) is 1. The van der Waals surface area contributed by atoms with Gasteiger partial charge in [-0.05, 0) is 24.1 Å². The summed E-state index contributed by atoms with van der Waals surface area (Å²) in [5.41, 5.74) is 5.08. The van der Waals surface area contributed by atoms with Gasteiger partial charge in [-0.25, -0.2) is 4.99 Å². The average Bonchev–Trinajstić information content (AvgIpc) is 3.32. The highest BCUT2D eigenvalue weighted by molar-refractivity contribution is 6.19. The van der Waals surface area contributed by atoms with Crippen LogP contribution in [-0.2, 0) is 16.8 Å². The average molecular weight is 395 g/mol. The number of anilines is 2. The van der Waals surface area contributed by atoms with Gasteiger partial charge in [-0.15, -0.1) is 0 Å². The molecular weight excluding hydrogens is 374 g/mol. The standard InChI is InChI=1S/C25H21N3O2/c1-27-21-15-18(30-2)11-12-19(21)25(24(27)29)20-10-6-9-16-13-14-28(22(16)20)23(26-25)17-7-4-3-5-8-17/h3-12,15H,13-14H2,1-2H3. The van der Waals surface area contributed by atoms with Crippen molar-refractivity contribution in [2.24, 2.45) is 4.99 Å². The van der Waals surface area contributed by atoms with E-state index in [-0.39, 0.29) is 5.91 Å². The molecule has 148 valence electrons. The van der Waals surface area contributed by atoms with Crippen LogP contribution in [0.1, 0.15) is 22.3 Å². The Morgan fingerprint density at radius 3 is 2.63 bits per heavy atom. The molecule has 0 aliphatic carbocycles. The number of nitrogens with zero attached hydrogens (tertiary/aromatic N) is 3. The van der Waals surface area contributed by atoms with E-state index in [9.17, 15) is 4.79 Å². The van der Waals surface area contributed by atoms with Gasteiger partial charge in [0, 0.05) is 36.3 Å². The number of carbonyl (C=O) groups excluding carboxylic acids is 1. The number of likely N-dealkylation sites (N-methyl/N-ethyl adjacent to an activating group) is 1. The molecule has 5 heteroatoms. The van der Waals surface area contributed by atoms with Crippen LogP contribution in [0.5, 0.6) is 5.75 Å². The molecule has 1 unspecified atom stereocenters. The zero-order valence-corrected chi connectivity index (χ0v) is 16.9. The third-order valence-electron chi connectivity index (χ3n) is 6.52. The van der Waals surface area contributed by atoms with Crippen LogP contribution in [-0.4, -0.2) is 32.4 Å². The molecule has 1 spiro atoms. The molecule has 30 heavy (non-hydrogen) atoms. The number of amides is 1. The van der Waals surface area contributed by atoms with Crippen molar-refractivity contribution in [3.63, 3.8) is 0 Å². The number of amidine groups is 1. The van der Waals surface area contributed by atoms with Gasteiger partial charge < -0.3 is 14.5 Å². The smallest absolute Gasteiger partial charge is 0.264 e. The number of hydrogen-bond donors (Lipinski definition) is 0. The van der Waals surface area contributed by atoms with Gasteiger partial charge in [-0.2, -0.15) is 0 Å². The highest BCUT2D eigenvalue weighted by atomic mass is 16.5. The van der Waals surface area contributed by atoms with Crippen LogP contribution in [0.15, 0.2) is 71.7 Å². The summed E-state index contributed by atoms with van der Waals surface area (Å²) < 4.78 is 5.42. The number of carbonyl (C=O) groups is 1. The van der Waals surface area contributed by atoms with Crippen molar-refractivity contribution in [1.29, 1.82) is 0 Å². The molecule has 0 saturated heterocycles. The number of methoxy groups -OCH3 is 1. The monoisotopic (exact) mass is 395 g/mol. The largest absolute Gasteiger partial charge is 0.497 e. The minimum atomic E-state index is -1.08. The topological polar surface area (TPSA) is 45.1 Å². The second kappa shape index (κ2) is 5.95. The van der Waals surface area contributed by atoms with Crippen molar-refractivity contribution in [2.75, 3.05) is 30.5 Å². The van der Waals surface area contributed by atoms with Crippen LogP contribution in [0, 0.1) is 0 Å². The zero-order chi connectivity index (χ0) is 20.5. The van der Waals surface area contributed by atoms with E-state index >= 15 is 0 Å². The first-order chi connectivity index (χ1) is 14.6. The molecular formula is C25H21N3O2. The minimum absolute atomic E-state index is 0.0286. The maximum absolute atomic E-state index is 13.9. The zero-order valence-electron chi connectivity index (χ0n) is 16.9. The lowest BCUT2D eigenvalue weighted by molar-refractivity contribution is -0.121. The van der Waals surface area contributed by atoms with Gasteiger partial charge in [0.15, 0.2) is 5.54 Å². The van der Waals surface area contributed by atoms with Crippen molar-refractivity contribution in [3.05, 3.63) is 89.0 Å². The Hall–Kier alpha value is -3.60. The second-order valence-electron chi connectivity index (χ2n) is 7.97. The van der Waals surface area contributed by atoms with Gasteiger partial charge >= 0.3 is 0 Å². The molecule has 0 fully saturated rings. The first-order valence-corrected chi connectivity index (χ1v) is 10.2. The summed E-state index contributed by atoms with van der Waals surface area (Å²) in [5.74, 6) is 1.56. The quantitative estimate of drug-likeness (QED) is 0.664. The third kappa shape index (κ3) is 2.02. The first kappa shape index (κ1) is 17.3. The molecule has 0 aromatic heterocycles. The Morgan fingerprint density at radius 1 is 1.00 bits per heavy atom. The van der Waals surface area contributed by atoms with E-state index in [1.54, 1.807) is 12.0 Å². The fraction of sp³-hybridized carbons (Fsp3) is 0.200. The molecule has 0 N–H and O–H groups in total. The minimum Gasteiger partial charge on any atom is -0.497 e. The van der Waals surface area contributed by atoms with Gasteiger partial charge in [0.25, 0.3) is 5.91 Å². The van der Waals surface area contributed by atoms with E-state index in [2.05, 4.69) is 35.2 Å². The summed E-state index contributed by atoms with van der Waals surface area (Å²) >= 11 is 0. The van der Waals surface area contributed by atoms with Crippen LogP contribution in [0.2, 0.25) is 0 Å². The van der Waals surface area contributed by atoms with E-state index in [0.717, 1.165) is 52.6 Å². The van der Waals surface area contributed by atoms with E-state index < -0.39 is 5.54 Å². The lowest BCUT2D eigenvalue weighted by Gasteiger charge is -2.37. The van der Waals surface area contributed by atoms with Crippen LogP contribution in [0.3, 0.4) is 0 Å². The van der Waals surface area contributed by atoms with Crippen molar-refractivity contribution >= 4 is 23.1 Å². The summed E-state index contributed by atoms with van der Waals surface area (Å²) in [6.07, 6.45) is 0.949. The van der Waals surface area contributed by atoms with Crippen molar-refractivity contribution in [1.82, 2.24) is 0 Å². The highest BCUT2D eigenvalue weighted by Crippen LogP contribution is 2.54. The van der Waals surface area contributed by atoms with E-state index in [4.69, 9.17) is 9.73 Å². The molecule has 0 saturated carbocycles. The molecule has 0 bridgehead atoms. The van der Waals surface area contributed by atoms with Crippen LogP contribution < -0.4 is 14.5 Å². The van der Waals surface area contributed by atoms with Gasteiger partial charge in [-0.1, -0.05) is 48.5 Å². The number of aliphatic imine (C=N–C) groups is 1. The van der Waals surface area contributed by atoms with Crippen molar-refractivity contribution in [3.8, 4) is 5.75 Å². The maximum atomic E-state index is 13.9. The van der Waals surface area contributed by atoms with Gasteiger partial charge in [-0.3, -0.25) is 4.79 Å². The molecule has 3 aliphatic heterocycles. The molecule has 1 atom stereocenters. The summed E-state index contributed by atoms with van der Waals surface area (Å²) in [4.78, 5) is 23.1. The van der Waals surface area contributed by atoms with Gasteiger partial charge in [0.2, 0.25) is 0 Å². The Kier molecular flexibility index (Phi) is 3.43. The molecule has 0 radical (unpaired) electrons. The Labute approximate surface area is 175 Å². The third-order valence-corrected chi connectivity index (χ3v) is 6.52. The number of hydrogen-bond acceptors (Lipinski definition) is 4. The van der Waals surface area contributed by atoms with Gasteiger partial charge in [0.05, 0.1) is 18.5 Å². The predicted molar refractivity (Wildman–Crippen MR) is 118 cm³/mol. The molecule has 1 amide bonds. The Morgan fingerprint density at radius 2 is 1.83 bits per heavy atom. The highest BCUT2D eigenvalue weighted by Gasteiger charge is 2.56. The summed E-state index contributed by atoms with van der Waals surface area (Å²) in [6.45, 7) is 0.871. The van der Waals surface area contributed by atoms with E-state index in [0.29, 0.717) is 0 Å². The molecule has 3 heterocycles. The number of benzene rings is 3. The van der Waals surface area contributed by atoms with Crippen LogP contribution >= 0.6 is 0 Å². The van der Waals surface area contributed by atoms with E-state index in [1.807, 2.05) is 43.4 Å². The van der Waals surface area contributed by atoms with Crippen LogP contribution in [0.4, 0.5) is 11.4 Å². The number of rotatable bonds is 2. The fourth-order valence-electron chi connectivity index (χ4n) is 5.10. The molecule has 3 aromatic carbocycles. The van der Waals surface area contributed by atoms with Crippen molar-refractivity contribution in [2.45, 2.75) is 12.0 Å². The SMILES string of the molecule is COc1ccc2c(c1)N(C)C(=O)C21N=C(c2ccccc2)N2CCc3cccc1c32. The lowest BCUT2D eigenvalue weighted by atomic mass is 9.81. The molecule has 5 nitrogen and oxygen atoms in total. The Bertz CT molecular complexity index is 1230. The number of para-hydroxylation sites is 1. The molecule has 3 aromatic rings. The molecule has 6 rings (SSSR count). The summed E-state index contributed by atoms with van der Waals surface area (Å²) in [7, 11) is 3.46. The Balaban J connectivity index is 1.70. The lowest BCUT2D eigenvalue weighted by Crippen LogP contribution is -2.46. The van der Waals surface area contributed by atoms with E-state index in [1.165, 1.54) is 5.56 Å². The summed E-state index contributed by atoms with van der Waals surface area (Å²) in [5, 5.41) is 0. The molecule has 3 aliphatic rings. The fourth-order valence-corrected chi connectivity index (χ4v) is 5.10. The first-order valence-electron chi connectivity index (χ1n) is 10.2. The predicted octanol–water partition coefficient (Wildman–Crippen LogP) is 3.74. The number of fused-ring (bicyclic) bond motifs is 3. The maximum Gasteiger partial charge on any atom is 0.264 e. The normalized spacial score (nSPS) is 21.0. The van der Waals surface area contributed by atoms with Crippen molar-refractivity contribution < 1.29 is 9.53 Å². The van der Waals surface area contributed by atoms with Gasteiger partial charge in [0.1, 0.15) is 11.6 Å². The summed E-state index contributed by atoms with van der Waals surface area (Å²) in [6, 6.07) is 22.3. The van der Waals surface area contributed by atoms with Crippen LogP contribution in [0.25, 0.3) is 0 Å². The second-order valence-corrected chi connectivity index (χ2v) is 7.97.